The molecule has 0 atom stereocenters. The highest BCUT2D eigenvalue weighted by molar-refractivity contribution is 5.94. The third-order valence-electron chi connectivity index (χ3n) is 4.49. The molecule has 2 heterocycles. The van der Waals surface area contributed by atoms with Gasteiger partial charge in [0.25, 0.3) is 5.91 Å². The van der Waals surface area contributed by atoms with E-state index in [2.05, 4.69) is 39.5 Å². The number of pyridine rings is 1. The lowest BCUT2D eigenvalue weighted by Crippen LogP contribution is -2.23. The van der Waals surface area contributed by atoms with Crippen LogP contribution in [0, 0.1) is 0 Å². The van der Waals surface area contributed by atoms with Crippen LogP contribution in [0.25, 0.3) is 0 Å². The molecule has 1 amide bonds. The molecule has 0 bridgehead atoms. The lowest BCUT2D eigenvalue weighted by atomic mass is 10.1. The average Bonchev–Trinajstić information content (AvgIpc) is 3.11. The van der Waals surface area contributed by atoms with Crippen LogP contribution in [0.4, 0.5) is 5.69 Å². The maximum absolute atomic E-state index is 12.3. The quantitative estimate of drug-likeness (QED) is 0.796. The number of carbonyl (C=O) groups excluding carboxylic acids is 1. The molecular weight excluding hydrogens is 310 g/mol. The van der Waals surface area contributed by atoms with Gasteiger partial charge in [0.15, 0.2) is 0 Å². The number of hydrogen-bond acceptors (Lipinski definition) is 3. The molecule has 4 heteroatoms. The summed E-state index contributed by atoms with van der Waals surface area (Å²) in [6.07, 6.45) is 1.73. The molecule has 25 heavy (non-hydrogen) atoms. The summed E-state index contributed by atoms with van der Waals surface area (Å²) in [4.78, 5) is 18.8. The Hall–Kier alpha value is -3.14. The zero-order chi connectivity index (χ0) is 17.1. The van der Waals surface area contributed by atoms with Crippen molar-refractivity contribution >= 4 is 11.6 Å². The predicted molar refractivity (Wildman–Crippen MR) is 98.2 cm³/mol. The number of hydrogen-bond donors (Lipinski definition) is 1. The highest BCUT2D eigenvalue weighted by Crippen LogP contribution is 2.28. The fourth-order valence-electron chi connectivity index (χ4n) is 3.11. The smallest absolute Gasteiger partial charge is 0.251 e. The molecule has 1 N–H and O–H groups in total. The van der Waals surface area contributed by atoms with Gasteiger partial charge < -0.3 is 10.2 Å². The topological polar surface area (TPSA) is 45.2 Å². The lowest BCUT2D eigenvalue weighted by Gasteiger charge is -2.18. The minimum absolute atomic E-state index is 0.0816. The molecule has 0 fully saturated rings. The minimum atomic E-state index is -0.0816. The number of nitrogens with one attached hydrogen (secondary N) is 1. The number of aromatic nitrogens is 1. The van der Waals surface area contributed by atoms with Gasteiger partial charge in [0.1, 0.15) is 0 Å². The zero-order valence-corrected chi connectivity index (χ0v) is 13.9. The molecule has 3 aromatic rings. The summed E-state index contributed by atoms with van der Waals surface area (Å²) in [6.45, 7) is 2.27. The van der Waals surface area contributed by atoms with Gasteiger partial charge in [-0.2, -0.15) is 0 Å². The Morgan fingerprint density at radius 2 is 1.60 bits per heavy atom. The van der Waals surface area contributed by atoms with Crippen molar-refractivity contribution in [2.75, 3.05) is 4.90 Å². The monoisotopic (exact) mass is 329 g/mol. The van der Waals surface area contributed by atoms with Gasteiger partial charge in [0.2, 0.25) is 0 Å². The second kappa shape index (κ2) is 6.77. The number of anilines is 1. The number of fused-ring (bicyclic) bond motifs is 1. The summed E-state index contributed by atoms with van der Waals surface area (Å²) < 4.78 is 0. The van der Waals surface area contributed by atoms with Crippen molar-refractivity contribution in [2.45, 2.75) is 19.6 Å². The van der Waals surface area contributed by atoms with Gasteiger partial charge >= 0.3 is 0 Å². The van der Waals surface area contributed by atoms with E-state index in [1.165, 1.54) is 11.1 Å². The van der Waals surface area contributed by atoms with Crippen molar-refractivity contribution < 1.29 is 4.79 Å². The molecule has 4 nitrogen and oxygen atoms in total. The molecular formula is C21H19N3O. The average molecular weight is 329 g/mol. The van der Waals surface area contributed by atoms with E-state index < -0.39 is 0 Å². The Bertz CT molecular complexity index is 850. The Labute approximate surface area is 147 Å². The molecule has 0 saturated carbocycles. The number of nitrogens with zero attached hydrogens (tertiary/aromatic N) is 2. The molecule has 0 spiro atoms. The normalized spacial score (nSPS) is 12.7. The standard InChI is InChI=1S/C21H19N3O/c25-21(23-13-19-7-3-4-12-22-19)16-8-10-20(11-9-16)24-14-17-5-1-2-6-18(17)15-24/h1-12H,13-15H2,(H,23,25). The molecule has 0 radical (unpaired) electrons. The van der Waals surface area contributed by atoms with E-state index in [-0.39, 0.29) is 5.91 Å². The van der Waals surface area contributed by atoms with Crippen LogP contribution in [-0.4, -0.2) is 10.9 Å². The van der Waals surface area contributed by atoms with Gasteiger partial charge in [-0.3, -0.25) is 9.78 Å². The Balaban J connectivity index is 1.40. The summed E-state index contributed by atoms with van der Waals surface area (Å²) in [5, 5.41) is 2.90. The van der Waals surface area contributed by atoms with Gasteiger partial charge in [-0.05, 0) is 47.5 Å². The van der Waals surface area contributed by atoms with Crippen LogP contribution in [-0.2, 0) is 19.6 Å². The number of amides is 1. The van der Waals surface area contributed by atoms with Crippen LogP contribution in [0.2, 0.25) is 0 Å². The fraction of sp³-hybridized carbons (Fsp3) is 0.143. The Morgan fingerprint density at radius 1 is 0.920 bits per heavy atom. The number of rotatable bonds is 4. The van der Waals surface area contributed by atoms with Gasteiger partial charge in [-0.1, -0.05) is 30.3 Å². The molecule has 0 saturated heterocycles. The van der Waals surface area contributed by atoms with Crippen molar-refractivity contribution in [1.29, 1.82) is 0 Å². The number of benzene rings is 2. The van der Waals surface area contributed by atoms with Crippen LogP contribution in [0.15, 0.2) is 72.9 Å². The van der Waals surface area contributed by atoms with Gasteiger partial charge in [-0.25, -0.2) is 0 Å². The fourth-order valence-corrected chi connectivity index (χ4v) is 3.11. The van der Waals surface area contributed by atoms with Crippen molar-refractivity contribution in [1.82, 2.24) is 10.3 Å². The molecule has 1 aliphatic heterocycles. The first kappa shape index (κ1) is 15.4. The largest absolute Gasteiger partial charge is 0.363 e. The van der Waals surface area contributed by atoms with Crippen molar-refractivity contribution in [3.05, 3.63) is 95.3 Å². The van der Waals surface area contributed by atoms with Crippen LogP contribution in [0.5, 0.6) is 0 Å². The molecule has 124 valence electrons. The Morgan fingerprint density at radius 3 is 2.24 bits per heavy atom. The van der Waals surface area contributed by atoms with E-state index in [0.29, 0.717) is 12.1 Å². The third kappa shape index (κ3) is 3.38. The van der Waals surface area contributed by atoms with E-state index in [1.54, 1.807) is 6.20 Å². The molecule has 4 rings (SSSR count). The highest BCUT2D eigenvalue weighted by Gasteiger charge is 2.18. The first-order valence-corrected chi connectivity index (χ1v) is 8.39. The Kier molecular flexibility index (Phi) is 4.17. The molecule has 0 aliphatic carbocycles. The first-order chi connectivity index (χ1) is 12.3. The van der Waals surface area contributed by atoms with Crippen LogP contribution in [0.1, 0.15) is 27.2 Å². The van der Waals surface area contributed by atoms with E-state index in [9.17, 15) is 4.79 Å². The molecule has 0 unspecified atom stereocenters. The minimum Gasteiger partial charge on any atom is -0.363 e. The zero-order valence-electron chi connectivity index (χ0n) is 13.9. The highest BCUT2D eigenvalue weighted by atomic mass is 16.1. The third-order valence-corrected chi connectivity index (χ3v) is 4.49. The van der Waals surface area contributed by atoms with Crippen molar-refractivity contribution in [2.24, 2.45) is 0 Å². The summed E-state index contributed by atoms with van der Waals surface area (Å²) >= 11 is 0. The van der Waals surface area contributed by atoms with E-state index in [0.717, 1.165) is 24.5 Å². The molecule has 1 aromatic heterocycles. The summed E-state index contributed by atoms with van der Waals surface area (Å²) in [6, 6.07) is 22.0. The maximum Gasteiger partial charge on any atom is 0.251 e. The molecule has 2 aromatic carbocycles. The predicted octanol–water partition coefficient (Wildman–Crippen LogP) is 3.53. The summed E-state index contributed by atoms with van der Waals surface area (Å²) in [7, 11) is 0. The molecule has 1 aliphatic rings. The lowest BCUT2D eigenvalue weighted by molar-refractivity contribution is 0.0950. The van der Waals surface area contributed by atoms with Crippen molar-refractivity contribution in [3.63, 3.8) is 0 Å². The van der Waals surface area contributed by atoms with Gasteiger partial charge in [0.05, 0.1) is 12.2 Å². The van der Waals surface area contributed by atoms with Crippen LogP contribution < -0.4 is 10.2 Å². The van der Waals surface area contributed by atoms with Gasteiger partial charge in [0, 0.05) is 30.5 Å². The van der Waals surface area contributed by atoms with Gasteiger partial charge in [-0.15, -0.1) is 0 Å². The SMILES string of the molecule is O=C(NCc1ccccn1)c1ccc(N2Cc3ccccc3C2)cc1. The summed E-state index contributed by atoms with van der Waals surface area (Å²) in [5.41, 5.74) is 5.40. The first-order valence-electron chi connectivity index (χ1n) is 8.39. The second-order valence-corrected chi connectivity index (χ2v) is 6.18. The summed E-state index contributed by atoms with van der Waals surface area (Å²) in [5.74, 6) is -0.0816. The van der Waals surface area contributed by atoms with E-state index >= 15 is 0 Å². The number of carbonyl (C=O) groups is 1. The van der Waals surface area contributed by atoms with E-state index in [4.69, 9.17) is 0 Å². The maximum atomic E-state index is 12.3. The van der Waals surface area contributed by atoms with E-state index in [1.807, 2.05) is 42.5 Å². The van der Waals surface area contributed by atoms with Crippen LogP contribution in [0.3, 0.4) is 0 Å². The second-order valence-electron chi connectivity index (χ2n) is 6.18. The van der Waals surface area contributed by atoms with Crippen LogP contribution >= 0.6 is 0 Å². The van der Waals surface area contributed by atoms with Crippen molar-refractivity contribution in [3.8, 4) is 0 Å².